The number of carbonyl (C=O) groups is 1. The van der Waals surface area contributed by atoms with E-state index in [2.05, 4.69) is 90.7 Å². The second-order valence-corrected chi connectivity index (χ2v) is 15.1. The summed E-state index contributed by atoms with van der Waals surface area (Å²) in [5, 5.41) is 23.8. The third kappa shape index (κ3) is 15.3. The van der Waals surface area contributed by atoms with Gasteiger partial charge in [0.25, 0.3) is 5.91 Å². The molecule has 4 aromatic carbocycles. The lowest BCUT2D eigenvalue weighted by Gasteiger charge is -2.25. The van der Waals surface area contributed by atoms with Crippen LogP contribution in [0.1, 0.15) is 140 Å². The molecule has 0 saturated heterocycles. The van der Waals surface area contributed by atoms with Crippen LogP contribution < -0.4 is 5.32 Å². The SMILES string of the molecule is CC.CCC/C(C)=C(/C)c1cc(Cc2cccc(C(=O)Nc3cc(O)c(-c4ccc(F)cc4)c(O)c3)c2)ccc1C.CCCN(CCC(C)CC)CC(C)CC. The molecule has 4 rings (SSSR count). The molecular weight excluding hydrogens is 696 g/mol. The maximum absolute atomic E-state index is 13.3. The van der Waals surface area contributed by atoms with Crippen LogP contribution in [0.4, 0.5) is 10.1 Å². The molecule has 0 aliphatic rings. The molecule has 1 amide bonds. The molecule has 2 unspecified atom stereocenters. The normalized spacial score (nSPS) is 12.4. The lowest BCUT2D eigenvalue weighted by molar-refractivity contribution is 0.102. The lowest BCUT2D eigenvalue weighted by Crippen LogP contribution is -2.31. The quantitative estimate of drug-likeness (QED) is 0.100. The van der Waals surface area contributed by atoms with Crippen molar-refractivity contribution in [3.8, 4) is 22.6 Å². The van der Waals surface area contributed by atoms with Gasteiger partial charge in [-0.25, -0.2) is 4.39 Å². The number of amides is 1. The van der Waals surface area contributed by atoms with Gasteiger partial charge in [-0.05, 0) is 129 Å². The minimum Gasteiger partial charge on any atom is -0.507 e. The molecule has 306 valence electrons. The molecule has 5 nitrogen and oxygen atoms in total. The molecule has 2 atom stereocenters. The molecule has 0 spiro atoms. The highest BCUT2D eigenvalue weighted by molar-refractivity contribution is 6.05. The van der Waals surface area contributed by atoms with E-state index in [0.29, 0.717) is 17.5 Å². The number of aromatic hydroxyl groups is 2. The first-order valence-electron chi connectivity index (χ1n) is 21.0. The van der Waals surface area contributed by atoms with E-state index in [-0.39, 0.29) is 28.7 Å². The van der Waals surface area contributed by atoms with Crippen LogP contribution in [0.2, 0.25) is 0 Å². The zero-order valence-corrected chi connectivity index (χ0v) is 36.4. The number of phenols is 2. The Bertz CT molecular complexity index is 1790. The van der Waals surface area contributed by atoms with Gasteiger partial charge in [-0.2, -0.15) is 0 Å². The highest BCUT2D eigenvalue weighted by atomic mass is 19.1. The highest BCUT2D eigenvalue weighted by Gasteiger charge is 2.15. The standard InChI is InChI=1S/C34H34FNO3.C14H31N.C2H6/c1-5-7-21(2)23(4)30-18-25(11-10-22(30)3)16-24-8-6-9-27(17-24)34(39)36-29-19-31(37)33(32(38)20-29)26-12-14-28(35)15-13-26;1-6-10-15(12-14(5)8-3)11-9-13(4)7-2;1-2/h6,8-15,17-20,37-38H,5,7,16H2,1-4H3,(H,36,39);13-14H,6-12H2,1-5H3;1-2H3/b23-21-;;. The minimum atomic E-state index is -0.416. The van der Waals surface area contributed by atoms with Crippen LogP contribution in [0.25, 0.3) is 16.7 Å². The predicted octanol–water partition coefficient (Wildman–Crippen LogP) is 13.9. The van der Waals surface area contributed by atoms with E-state index in [1.807, 2.05) is 32.0 Å². The van der Waals surface area contributed by atoms with E-state index in [0.717, 1.165) is 30.2 Å². The first kappa shape index (κ1) is 47.7. The van der Waals surface area contributed by atoms with Crippen molar-refractivity contribution >= 4 is 17.2 Å². The van der Waals surface area contributed by atoms with Crippen molar-refractivity contribution < 1.29 is 19.4 Å². The van der Waals surface area contributed by atoms with Crippen molar-refractivity contribution in [2.45, 2.75) is 121 Å². The van der Waals surface area contributed by atoms with Gasteiger partial charge in [0.05, 0.1) is 5.56 Å². The molecular formula is C50H71FN2O3. The average molecular weight is 767 g/mol. The maximum Gasteiger partial charge on any atom is 0.255 e. The fraction of sp³-hybridized carbons (Fsp3) is 0.460. The van der Waals surface area contributed by atoms with Crippen LogP contribution in [0.5, 0.6) is 11.5 Å². The van der Waals surface area contributed by atoms with Gasteiger partial charge >= 0.3 is 0 Å². The molecule has 6 heteroatoms. The largest absolute Gasteiger partial charge is 0.507 e. The predicted molar refractivity (Wildman–Crippen MR) is 238 cm³/mol. The Labute approximate surface area is 339 Å². The molecule has 0 aliphatic carbocycles. The van der Waals surface area contributed by atoms with Crippen molar-refractivity contribution in [2.75, 3.05) is 25.0 Å². The maximum atomic E-state index is 13.3. The minimum absolute atomic E-state index is 0.169. The molecule has 0 aromatic heterocycles. The summed E-state index contributed by atoms with van der Waals surface area (Å²) in [4.78, 5) is 15.7. The molecule has 0 fully saturated rings. The van der Waals surface area contributed by atoms with Gasteiger partial charge in [0.2, 0.25) is 0 Å². The second-order valence-electron chi connectivity index (χ2n) is 15.1. The molecule has 3 N–H and O–H groups in total. The topological polar surface area (TPSA) is 72.8 Å². The molecule has 0 heterocycles. The number of phenolic OH excluding ortho intramolecular Hbond substituents is 2. The van der Waals surface area contributed by atoms with Crippen LogP contribution in [0.3, 0.4) is 0 Å². The zero-order chi connectivity index (χ0) is 41.8. The van der Waals surface area contributed by atoms with E-state index >= 15 is 0 Å². The van der Waals surface area contributed by atoms with Crippen LogP contribution in [-0.2, 0) is 6.42 Å². The third-order valence-corrected chi connectivity index (χ3v) is 10.5. The summed E-state index contributed by atoms with van der Waals surface area (Å²) in [5.41, 5.74) is 8.75. The number of nitrogens with zero attached hydrogens (tertiary/aromatic N) is 1. The van der Waals surface area contributed by atoms with E-state index in [4.69, 9.17) is 0 Å². The summed E-state index contributed by atoms with van der Waals surface area (Å²) in [7, 11) is 0. The van der Waals surface area contributed by atoms with E-state index in [9.17, 15) is 19.4 Å². The number of rotatable bonds is 17. The smallest absolute Gasteiger partial charge is 0.255 e. The number of allylic oxidation sites excluding steroid dienone is 2. The Morgan fingerprint density at radius 3 is 2.00 bits per heavy atom. The highest BCUT2D eigenvalue weighted by Crippen LogP contribution is 2.40. The molecule has 56 heavy (non-hydrogen) atoms. The zero-order valence-electron chi connectivity index (χ0n) is 36.4. The number of aryl methyl sites for hydroxylation is 1. The number of nitrogens with one attached hydrogen (secondary N) is 1. The average Bonchev–Trinajstić information content (AvgIpc) is 3.19. The first-order chi connectivity index (χ1) is 26.8. The number of halogens is 1. The summed E-state index contributed by atoms with van der Waals surface area (Å²) in [6.45, 7) is 28.2. The van der Waals surface area contributed by atoms with Gasteiger partial charge in [-0.15, -0.1) is 0 Å². The van der Waals surface area contributed by atoms with Crippen molar-refractivity contribution in [1.82, 2.24) is 4.90 Å². The van der Waals surface area contributed by atoms with Crippen molar-refractivity contribution in [3.05, 3.63) is 118 Å². The Morgan fingerprint density at radius 2 is 1.41 bits per heavy atom. The van der Waals surface area contributed by atoms with Gasteiger partial charge in [-0.3, -0.25) is 4.79 Å². The van der Waals surface area contributed by atoms with Gasteiger partial charge in [0.1, 0.15) is 17.3 Å². The summed E-state index contributed by atoms with van der Waals surface area (Å²) >= 11 is 0. The summed E-state index contributed by atoms with van der Waals surface area (Å²) in [6.07, 6.45) is 8.17. The Hall–Kier alpha value is -4.42. The summed E-state index contributed by atoms with van der Waals surface area (Å²) in [6, 6.07) is 22.1. The van der Waals surface area contributed by atoms with Crippen LogP contribution in [0, 0.1) is 24.6 Å². The van der Waals surface area contributed by atoms with Gasteiger partial charge < -0.3 is 20.4 Å². The monoisotopic (exact) mass is 767 g/mol. The van der Waals surface area contributed by atoms with E-state index in [1.165, 1.54) is 110 Å². The van der Waals surface area contributed by atoms with Gasteiger partial charge in [0.15, 0.2) is 0 Å². The number of hydrogen-bond acceptors (Lipinski definition) is 4. The lowest BCUT2D eigenvalue weighted by atomic mass is 9.92. The van der Waals surface area contributed by atoms with E-state index < -0.39 is 5.82 Å². The van der Waals surface area contributed by atoms with Crippen LogP contribution in [-0.4, -0.2) is 40.7 Å². The number of benzene rings is 4. The van der Waals surface area contributed by atoms with Crippen molar-refractivity contribution in [3.63, 3.8) is 0 Å². The molecule has 0 radical (unpaired) electrons. The Morgan fingerprint density at radius 1 is 0.786 bits per heavy atom. The summed E-state index contributed by atoms with van der Waals surface area (Å²) < 4.78 is 13.3. The number of anilines is 1. The van der Waals surface area contributed by atoms with Gasteiger partial charge in [0, 0.05) is 29.9 Å². The van der Waals surface area contributed by atoms with Crippen molar-refractivity contribution in [1.29, 1.82) is 0 Å². The van der Waals surface area contributed by atoms with Crippen LogP contribution in [0.15, 0.2) is 84.4 Å². The molecule has 0 aliphatic heterocycles. The number of carbonyl (C=O) groups excluding carboxylic acids is 1. The van der Waals surface area contributed by atoms with Crippen LogP contribution >= 0.6 is 0 Å². The Kier molecular flexibility index (Phi) is 21.3. The second kappa shape index (κ2) is 25.0. The fourth-order valence-electron chi connectivity index (χ4n) is 6.62. The molecule has 0 bridgehead atoms. The first-order valence-corrected chi connectivity index (χ1v) is 21.0. The summed E-state index contributed by atoms with van der Waals surface area (Å²) in [5.74, 6) is 0.526. The number of hydrogen-bond donors (Lipinski definition) is 3. The van der Waals surface area contributed by atoms with Crippen molar-refractivity contribution in [2.24, 2.45) is 11.8 Å². The third-order valence-electron chi connectivity index (χ3n) is 10.5. The Balaban J connectivity index is 0.000000538. The molecule has 0 saturated carbocycles. The van der Waals surface area contributed by atoms with Gasteiger partial charge in [-0.1, -0.05) is 123 Å². The fourth-order valence-corrected chi connectivity index (χ4v) is 6.62. The van der Waals surface area contributed by atoms with E-state index in [1.54, 1.807) is 6.07 Å². The molecule has 4 aromatic rings.